The number of hydrogen-bond donors (Lipinski definition) is 4. The molecule has 1 aromatic rings. The quantitative estimate of drug-likeness (QED) is 0.578. The van der Waals surface area contributed by atoms with Gasteiger partial charge in [0.25, 0.3) is 0 Å². The van der Waals surface area contributed by atoms with Crippen LogP contribution in [0.1, 0.15) is 11.1 Å². The smallest absolute Gasteiger partial charge is 0.113 e. The standard InChI is InChI=1S/C10H11ClN4/c11-7-2-4-14-10-9(7)6(5-15-10)8(13)1-3-12/h1-3,5,12,14-15H,4,13H2. The molecule has 1 aliphatic heterocycles. The monoisotopic (exact) mass is 222 g/mol. The third kappa shape index (κ3) is 1.64. The van der Waals surface area contributed by atoms with Gasteiger partial charge in [0.15, 0.2) is 0 Å². The Balaban J connectivity index is 2.53. The van der Waals surface area contributed by atoms with Crippen molar-refractivity contribution in [2.24, 2.45) is 5.73 Å². The normalized spacial score (nSPS) is 15.3. The van der Waals surface area contributed by atoms with Crippen LogP contribution in [0.15, 0.2) is 18.3 Å². The number of anilines is 1. The number of hydrogen-bond acceptors (Lipinski definition) is 3. The molecule has 1 aromatic heterocycles. The topological polar surface area (TPSA) is 77.7 Å². The summed E-state index contributed by atoms with van der Waals surface area (Å²) in [6.07, 6.45) is 6.36. The Hall–Kier alpha value is -1.68. The SMILES string of the molecule is N=CC=C(N)c1c[nH]c2c1C(Cl)=CCN2. The summed E-state index contributed by atoms with van der Waals surface area (Å²) in [7, 11) is 0. The van der Waals surface area contributed by atoms with Crippen LogP contribution in [0.2, 0.25) is 0 Å². The van der Waals surface area contributed by atoms with Crippen molar-refractivity contribution in [2.45, 2.75) is 0 Å². The molecule has 2 rings (SSSR count). The van der Waals surface area contributed by atoms with Gasteiger partial charge >= 0.3 is 0 Å². The number of allylic oxidation sites excluding steroid dienone is 1. The van der Waals surface area contributed by atoms with Gasteiger partial charge in [0.05, 0.1) is 0 Å². The molecule has 4 nitrogen and oxygen atoms in total. The molecule has 0 bridgehead atoms. The largest absolute Gasteiger partial charge is 0.398 e. The molecule has 0 spiro atoms. The van der Waals surface area contributed by atoms with Crippen molar-refractivity contribution in [3.8, 4) is 0 Å². The minimum Gasteiger partial charge on any atom is -0.398 e. The summed E-state index contributed by atoms with van der Waals surface area (Å²) in [5.74, 6) is 0.874. The maximum absolute atomic E-state index is 6.97. The summed E-state index contributed by atoms with van der Waals surface area (Å²) in [5.41, 5.74) is 8.03. The lowest BCUT2D eigenvalue weighted by Gasteiger charge is -2.12. The number of aromatic nitrogens is 1. The first kappa shape index (κ1) is 9.86. The summed E-state index contributed by atoms with van der Waals surface area (Å²) >= 11 is 6.10. The van der Waals surface area contributed by atoms with Gasteiger partial charge in [-0.3, -0.25) is 0 Å². The van der Waals surface area contributed by atoms with Crippen molar-refractivity contribution < 1.29 is 0 Å². The van der Waals surface area contributed by atoms with E-state index in [9.17, 15) is 0 Å². The molecule has 0 radical (unpaired) electrons. The summed E-state index contributed by atoms with van der Waals surface area (Å²) in [6.45, 7) is 0.708. The fraction of sp³-hybridized carbons (Fsp3) is 0.100. The Morgan fingerprint density at radius 3 is 3.13 bits per heavy atom. The summed E-state index contributed by atoms with van der Waals surface area (Å²) in [5, 5.41) is 10.8. The number of fused-ring (bicyclic) bond motifs is 1. The number of nitrogens with one attached hydrogen (secondary N) is 3. The van der Waals surface area contributed by atoms with Crippen LogP contribution in [0.5, 0.6) is 0 Å². The molecule has 0 amide bonds. The number of aromatic amines is 1. The van der Waals surface area contributed by atoms with Crippen molar-refractivity contribution in [1.29, 1.82) is 5.41 Å². The predicted octanol–water partition coefficient (Wildman–Crippen LogP) is 1.97. The third-order valence-electron chi connectivity index (χ3n) is 2.25. The van der Waals surface area contributed by atoms with Crippen molar-refractivity contribution >= 4 is 34.4 Å². The van der Waals surface area contributed by atoms with Crippen LogP contribution in [0, 0.1) is 5.41 Å². The third-order valence-corrected chi connectivity index (χ3v) is 2.60. The summed E-state index contributed by atoms with van der Waals surface area (Å²) in [6, 6.07) is 0. The Kier molecular flexibility index (Phi) is 2.51. The second kappa shape index (κ2) is 3.82. The van der Waals surface area contributed by atoms with Crippen molar-refractivity contribution in [1.82, 2.24) is 4.98 Å². The van der Waals surface area contributed by atoms with Crippen LogP contribution in [-0.2, 0) is 0 Å². The van der Waals surface area contributed by atoms with E-state index in [0.717, 1.165) is 23.2 Å². The van der Waals surface area contributed by atoms with Gasteiger partial charge in [-0.25, -0.2) is 0 Å². The lowest BCUT2D eigenvalue weighted by atomic mass is 10.1. The minimum absolute atomic E-state index is 0.526. The molecule has 0 atom stereocenters. The number of halogens is 1. The van der Waals surface area contributed by atoms with E-state index >= 15 is 0 Å². The molecular formula is C10H11ClN4. The van der Waals surface area contributed by atoms with E-state index in [1.165, 1.54) is 6.08 Å². The highest BCUT2D eigenvalue weighted by atomic mass is 35.5. The van der Waals surface area contributed by atoms with Crippen LogP contribution >= 0.6 is 11.6 Å². The van der Waals surface area contributed by atoms with Gasteiger partial charge in [-0.15, -0.1) is 0 Å². The fourth-order valence-corrected chi connectivity index (χ4v) is 1.84. The minimum atomic E-state index is 0.526. The Morgan fingerprint density at radius 1 is 1.60 bits per heavy atom. The van der Waals surface area contributed by atoms with Crippen molar-refractivity contribution in [2.75, 3.05) is 11.9 Å². The van der Waals surface area contributed by atoms with Crippen LogP contribution in [-0.4, -0.2) is 17.7 Å². The van der Waals surface area contributed by atoms with Crippen molar-refractivity contribution in [3.05, 3.63) is 29.5 Å². The fourth-order valence-electron chi connectivity index (χ4n) is 1.56. The van der Waals surface area contributed by atoms with Crippen molar-refractivity contribution in [3.63, 3.8) is 0 Å². The maximum atomic E-state index is 6.97. The maximum Gasteiger partial charge on any atom is 0.113 e. The average molecular weight is 223 g/mol. The van der Waals surface area contributed by atoms with Gasteiger partial charge < -0.3 is 21.4 Å². The highest BCUT2D eigenvalue weighted by molar-refractivity contribution is 6.49. The van der Waals surface area contributed by atoms with Crippen LogP contribution in [0.4, 0.5) is 5.82 Å². The van der Waals surface area contributed by atoms with E-state index in [2.05, 4.69) is 10.3 Å². The molecular weight excluding hydrogens is 212 g/mol. The molecule has 5 N–H and O–H groups in total. The van der Waals surface area contributed by atoms with Crippen LogP contribution < -0.4 is 11.1 Å². The number of rotatable bonds is 2. The van der Waals surface area contributed by atoms with Gasteiger partial charge in [-0.05, 0) is 12.2 Å². The molecule has 0 aromatic carbocycles. The molecule has 0 saturated heterocycles. The van der Waals surface area contributed by atoms with Crippen LogP contribution in [0.3, 0.4) is 0 Å². The van der Waals surface area contributed by atoms with Gasteiger partial charge in [0, 0.05) is 40.8 Å². The van der Waals surface area contributed by atoms with Gasteiger partial charge in [-0.1, -0.05) is 11.6 Å². The zero-order chi connectivity index (χ0) is 10.8. The first-order chi connectivity index (χ1) is 7.24. The van der Waals surface area contributed by atoms with E-state index in [4.69, 9.17) is 22.7 Å². The van der Waals surface area contributed by atoms with Gasteiger partial charge in [0.1, 0.15) is 5.82 Å². The van der Waals surface area contributed by atoms with E-state index in [0.29, 0.717) is 17.3 Å². The molecule has 78 valence electrons. The van der Waals surface area contributed by atoms with Gasteiger partial charge in [0.2, 0.25) is 0 Å². The zero-order valence-corrected chi connectivity index (χ0v) is 8.73. The molecule has 2 heterocycles. The highest BCUT2D eigenvalue weighted by Crippen LogP contribution is 2.34. The number of H-pyrrole nitrogens is 1. The van der Waals surface area contributed by atoms with E-state index in [1.807, 2.05) is 6.08 Å². The Bertz CT molecular complexity index is 456. The Labute approximate surface area is 92.3 Å². The molecule has 0 fully saturated rings. The second-order valence-corrected chi connectivity index (χ2v) is 3.58. The summed E-state index contributed by atoms with van der Waals surface area (Å²) in [4.78, 5) is 3.06. The molecule has 0 aliphatic carbocycles. The zero-order valence-electron chi connectivity index (χ0n) is 7.97. The lowest BCUT2D eigenvalue weighted by molar-refractivity contribution is 1.25. The molecule has 0 unspecified atom stereocenters. The average Bonchev–Trinajstić information content (AvgIpc) is 2.63. The predicted molar refractivity (Wildman–Crippen MR) is 64.1 cm³/mol. The molecule has 0 saturated carbocycles. The highest BCUT2D eigenvalue weighted by Gasteiger charge is 2.17. The first-order valence-electron chi connectivity index (χ1n) is 4.52. The van der Waals surface area contributed by atoms with E-state index in [-0.39, 0.29) is 0 Å². The number of nitrogens with two attached hydrogens (primary N) is 1. The van der Waals surface area contributed by atoms with Crippen LogP contribution in [0.25, 0.3) is 10.7 Å². The van der Waals surface area contributed by atoms with E-state index < -0.39 is 0 Å². The first-order valence-corrected chi connectivity index (χ1v) is 4.89. The second-order valence-electron chi connectivity index (χ2n) is 3.17. The molecule has 1 aliphatic rings. The Morgan fingerprint density at radius 2 is 2.40 bits per heavy atom. The summed E-state index contributed by atoms with van der Waals surface area (Å²) < 4.78 is 0. The van der Waals surface area contributed by atoms with Gasteiger partial charge in [-0.2, -0.15) is 0 Å². The molecule has 15 heavy (non-hydrogen) atoms. The lowest BCUT2D eigenvalue weighted by Crippen LogP contribution is -2.07. The van der Waals surface area contributed by atoms with E-state index in [1.54, 1.807) is 6.20 Å². The molecule has 5 heteroatoms.